The van der Waals surface area contributed by atoms with Crippen molar-refractivity contribution >= 4 is 17.4 Å². The largest absolute Gasteiger partial charge is 0.496 e. The van der Waals surface area contributed by atoms with E-state index in [0.717, 1.165) is 50.0 Å². The van der Waals surface area contributed by atoms with Crippen LogP contribution in [-0.4, -0.2) is 38.4 Å². The van der Waals surface area contributed by atoms with Crippen LogP contribution in [0.15, 0.2) is 36.5 Å². The van der Waals surface area contributed by atoms with E-state index in [1.54, 1.807) is 7.11 Å². The number of hydrogen-bond acceptors (Lipinski definition) is 5. The van der Waals surface area contributed by atoms with Gasteiger partial charge in [-0.2, -0.15) is 0 Å². The Morgan fingerprint density at radius 2 is 2.04 bits per heavy atom. The molecule has 1 aromatic heterocycles. The molecule has 0 radical (unpaired) electrons. The van der Waals surface area contributed by atoms with E-state index in [4.69, 9.17) is 21.1 Å². The van der Waals surface area contributed by atoms with E-state index in [9.17, 15) is 0 Å². The van der Waals surface area contributed by atoms with Crippen molar-refractivity contribution in [1.82, 2.24) is 10.3 Å². The lowest BCUT2D eigenvalue weighted by molar-refractivity contribution is 0.122. The Bertz CT molecular complexity index is 675. The normalized spacial score (nSPS) is 14.7. The molecule has 5 nitrogen and oxygen atoms in total. The highest BCUT2D eigenvalue weighted by molar-refractivity contribution is 6.30. The molecule has 6 heteroatoms. The van der Waals surface area contributed by atoms with Crippen LogP contribution >= 0.6 is 11.6 Å². The number of hydrogen-bond donors (Lipinski definition) is 1. The number of aromatic nitrogens is 1. The van der Waals surface area contributed by atoms with E-state index in [2.05, 4.69) is 21.3 Å². The van der Waals surface area contributed by atoms with E-state index < -0.39 is 0 Å². The van der Waals surface area contributed by atoms with Crippen LogP contribution in [0.25, 0.3) is 0 Å². The molecular formula is C18H22ClN3O2. The zero-order valence-corrected chi connectivity index (χ0v) is 14.6. The van der Waals surface area contributed by atoms with Gasteiger partial charge in [0.25, 0.3) is 0 Å². The first-order valence-corrected chi connectivity index (χ1v) is 8.45. The topological polar surface area (TPSA) is 46.6 Å². The standard InChI is InChI=1S/C18H22ClN3O2/c1-23-17-3-2-16(19)11-15(17)13-20-12-14-4-5-21-18(10-14)22-6-8-24-9-7-22/h2-5,10-11,20H,6-9,12-13H2,1H3. The highest BCUT2D eigenvalue weighted by atomic mass is 35.5. The van der Waals surface area contributed by atoms with E-state index in [0.29, 0.717) is 11.6 Å². The fraction of sp³-hybridized carbons (Fsp3) is 0.389. The maximum atomic E-state index is 6.07. The molecule has 0 aliphatic carbocycles. The van der Waals surface area contributed by atoms with Crippen LogP contribution in [-0.2, 0) is 17.8 Å². The minimum absolute atomic E-state index is 0.693. The van der Waals surface area contributed by atoms with Gasteiger partial charge in [0.05, 0.1) is 20.3 Å². The summed E-state index contributed by atoms with van der Waals surface area (Å²) in [6.07, 6.45) is 1.86. The SMILES string of the molecule is COc1ccc(Cl)cc1CNCc1ccnc(N2CCOCC2)c1. The molecule has 1 saturated heterocycles. The molecule has 0 spiro atoms. The molecule has 1 aliphatic heterocycles. The molecule has 0 atom stereocenters. The van der Waals surface area contributed by atoms with Crippen molar-refractivity contribution in [1.29, 1.82) is 0 Å². The summed E-state index contributed by atoms with van der Waals surface area (Å²) in [5, 5.41) is 4.15. The molecule has 0 unspecified atom stereocenters. The Kier molecular flexibility index (Phi) is 5.91. The average Bonchev–Trinajstić information content (AvgIpc) is 2.63. The summed E-state index contributed by atoms with van der Waals surface area (Å²) in [5.74, 6) is 1.86. The van der Waals surface area contributed by atoms with Crippen LogP contribution < -0.4 is 15.0 Å². The first-order chi connectivity index (χ1) is 11.8. The van der Waals surface area contributed by atoms with Gasteiger partial charge >= 0.3 is 0 Å². The summed E-state index contributed by atoms with van der Waals surface area (Å²) in [6.45, 7) is 4.76. The molecule has 0 bridgehead atoms. The van der Waals surface area contributed by atoms with E-state index in [1.165, 1.54) is 5.56 Å². The molecule has 128 valence electrons. The summed E-state index contributed by atoms with van der Waals surface area (Å²) < 4.78 is 10.8. The molecule has 1 aliphatic rings. The zero-order chi connectivity index (χ0) is 16.8. The molecule has 3 rings (SSSR count). The van der Waals surface area contributed by atoms with Gasteiger partial charge in [0.2, 0.25) is 0 Å². The highest BCUT2D eigenvalue weighted by Gasteiger charge is 2.12. The number of benzene rings is 1. The molecule has 0 saturated carbocycles. The van der Waals surface area contributed by atoms with Crippen LogP contribution in [0.2, 0.25) is 5.02 Å². The second-order valence-corrected chi connectivity index (χ2v) is 6.12. The van der Waals surface area contributed by atoms with Crippen LogP contribution in [0, 0.1) is 0 Å². The first-order valence-electron chi connectivity index (χ1n) is 8.07. The Morgan fingerprint density at radius 3 is 2.83 bits per heavy atom. The fourth-order valence-electron chi connectivity index (χ4n) is 2.76. The lowest BCUT2D eigenvalue weighted by Crippen LogP contribution is -2.36. The second kappa shape index (κ2) is 8.33. The number of nitrogens with zero attached hydrogens (tertiary/aromatic N) is 2. The van der Waals surface area contributed by atoms with Gasteiger partial charge in [0.1, 0.15) is 11.6 Å². The quantitative estimate of drug-likeness (QED) is 0.870. The minimum atomic E-state index is 0.693. The van der Waals surface area contributed by atoms with Gasteiger partial charge in [-0.3, -0.25) is 0 Å². The number of ether oxygens (including phenoxy) is 2. The van der Waals surface area contributed by atoms with Crippen LogP contribution in [0.3, 0.4) is 0 Å². The van der Waals surface area contributed by atoms with Crippen molar-refractivity contribution in [2.45, 2.75) is 13.1 Å². The number of nitrogens with one attached hydrogen (secondary N) is 1. The lowest BCUT2D eigenvalue weighted by atomic mass is 10.2. The number of rotatable bonds is 6. The van der Waals surface area contributed by atoms with Gasteiger partial charge in [-0.25, -0.2) is 4.98 Å². The van der Waals surface area contributed by atoms with Gasteiger partial charge in [-0.1, -0.05) is 11.6 Å². The van der Waals surface area contributed by atoms with E-state index in [-0.39, 0.29) is 0 Å². The minimum Gasteiger partial charge on any atom is -0.496 e. The summed E-state index contributed by atoms with van der Waals surface area (Å²) in [5.41, 5.74) is 2.25. The predicted molar refractivity (Wildman–Crippen MR) is 95.8 cm³/mol. The van der Waals surface area contributed by atoms with Crippen molar-refractivity contribution in [2.75, 3.05) is 38.3 Å². The lowest BCUT2D eigenvalue weighted by Gasteiger charge is -2.28. The third-order valence-electron chi connectivity index (χ3n) is 4.03. The molecule has 0 amide bonds. The molecule has 2 heterocycles. The van der Waals surface area contributed by atoms with E-state index in [1.807, 2.05) is 30.5 Å². The van der Waals surface area contributed by atoms with Crippen LogP contribution in [0.1, 0.15) is 11.1 Å². The van der Waals surface area contributed by atoms with Gasteiger partial charge in [-0.05, 0) is 35.9 Å². The Morgan fingerprint density at radius 1 is 1.21 bits per heavy atom. The Balaban J connectivity index is 1.60. The maximum absolute atomic E-state index is 6.07. The number of pyridine rings is 1. The molecule has 24 heavy (non-hydrogen) atoms. The summed E-state index contributed by atoms with van der Waals surface area (Å²) in [4.78, 5) is 6.73. The third kappa shape index (κ3) is 4.38. The van der Waals surface area contributed by atoms with Crippen molar-refractivity contribution in [3.05, 3.63) is 52.7 Å². The van der Waals surface area contributed by atoms with Crippen molar-refractivity contribution in [2.24, 2.45) is 0 Å². The summed E-state index contributed by atoms with van der Waals surface area (Å²) in [7, 11) is 1.67. The van der Waals surface area contributed by atoms with Crippen molar-refractivity contribution < 1.29 is 9.47 Å². The fourth-order valence-corrected chi connectivity index (χ4v) is 2.96. The first kappa shape index (κ1) is 17.0. The van der Waals surface area contributed by atoms with Gasteiger partial charge in [-0.15, -0.1) is 0 Å². The molecular weight excluding hydrogens is 326 g/mol. The zero-order valence-electron chi connectivity index (χ0n) is 13.8. The summed E-state index contributed by atoms with van der Waals surface area (Å²) >= 11 is 6.07. The smallest absolute Gasteiger partial charge is 0.128 e. The number of methoxy groups -OCH3 is 1. The Hall–Kier alpha value is -1.82. The average molecular weight is 348 g/mol. The second-order valence-electron chi connectivity index (χ2n) is 5.68. The van der Waals surface area contributed by atoms with Crippen molar-refractivity contribution in [3.8, 4) is 5.75 Å². The van der Waals surface area contributed by atoms with Gasteiger partial charge in [0, 0.05) is 43.0 Å². The third-order valence-corrected chi connectivity index (χ3v) is 4.27. The predicted octanol–water partition coefficient (Wildman–Crippen LogP) is 2.87. The number of halogens is 1. The Labute approximate surface area is 147 Å². The summed E-state index contributed by atoms with van der Waals surface area (Å²) in [6, 6.07) is 9.82. The van der Waals surface area contributed by atoms with Gasteiger partial charge < -0.3 is 19.7 Å². The maximum Gasteiger partial charge on any atom is 0.128 e. The van der Waals surface area contributed by atoms with E-state index >= 15 is 0 Å². The highest BCUT2D eigenvalue weighted by Crippen LogP contribution is 2.22. The van der Waals surface area contributed by atoms with Gasteiger partial charge in [0.15, 0.2) is 0 Å². The number of morpholine rings is 1. The van der Waals surface area contributed by atoms with Crippen LogP contribution in [0.5, 0.6) is 5.75 Å². The van der Waals surface area contributed by atoms with Crippen molar-refractivity contribution in [3.63, 3.8) is 0 Å². The van der Waals surface area contributed by atoms with Crippen LogP contribution in [0.4, 0.5) is 5.82 Å². The molecule has 2 aromatic rings. The molecule has 1 aromatic carbocycles. The number of anilines is 1. The molecule has 1 fully saturated rings. The monoisotopic (exact) mass is 347 g/mol. The molecule has 1 N–H and O–H groups in total.